The third-order valence-corrected chi connectivity index (χ3v) is 4.12. The van der Waals surface area contributed by atoms with Crippen LogP contribution in [0.4, 0.5) is 0 Å². The summed E-state index contributed by atoms with van der Waals surface area (Å²) in [5.74, 6) is 1.05. The lowest BCUT2D eigenvalue weighted by atomic mass is 9.97. The molecule has 4 heteroatoms. The first-order chi connectivity index (χ1) is 7.40. The molecular weight excluding hydrogens is 222 g/mol. The van der Waals surface area contributed by atoms with Gasteiger partial charge in [0, 0.05) is 18.4 Å². The molecule has 1 aliphatic rings. The van der Waals surface area contributed by atoms with E-state index in [1.165, 1.54) is 4.90 Å². The van der Waals surface area contributed by atoms with Gasteiger partial charge in [-0.1, -0.05) is 27.7 Å². The molecule has 1 aliphatic heterocycles. The van der Waals surface area contributed by atoms with E-state index in [4.69, 9.17) is 0 Å². The third-order valence-electron chi connectivity index (χ3n) is 3.66. The summed E-state index contributed by atoms with van der Waals surface area (Å²) in [5, 5.41) is 0. The van der Waals surface area contributed by atoms with Gasteiger partial charge in [-0.2, -0.15) is 12.6 Å². The normalized spacial score (nSPS) is 28.0. The minimum absolute atomic E-state index is 0.0232. The maximum atomic E-state index is 11.9. The van der Waals surface area contributed by atoms with Gasteiger partial charge in [-0.25, -0.2) is 0 Å². The quantitative estimate of drug-likeness (QED) is 0.604. The van der Waals surface area contributed by atoms with Crippen molar-refractivity contribution in [3.05, 3.63) is 0 Å². The van der Waals surface area contributed by atoms with Crippen molar-refractivity contribution in [2.24, 2.45) is 23.7 Å². The molecule has 1 saturated heterocycles. The van der Waals surface area contributed by atoms with Crippen LogP contribution in [-0.2, 0) is 9.59 Å². The molecule has 0 spiro atoms. The van der Waals surface area contributed by atoms with E-state index in [9.17, 15) is 9.59 Å². The summed E-state index contributed by atoms with van der Waals surface area (Å²) < 4.78 is 0. The Bertz CT molecular complexity index is 271. The molecule has 1 rings (SSSR count). The summed E-state index contributed by atoms with van der Waals surface area (Å²) in [6.45, 7) is 8.37. The van der Waals surface area contributed by atoms with Crippen molar-refractivity contribution in [2.75, 3.05) is 12.3 Å². The highest BCUT2D eigenvalue weighted by molar-refractivity contribution is 7.80. The molecule has 0 bridgehead atoms. The minimum atomic E-state index is -0.166. The van der Waals surface area contributed by atoms with E-state index in [1.54, 1.807) is 0 Å². The summed E-state index contributed by atoms with van der Waals surface area (Å²) in [4.78, 5) is 25.2. The van der Waals surface area contributed by atoms with E-state index in [2.05, 4.69) is 26.5 Å². The average molecular weight is 243 g/mol. The first kappa shape index (κ1) is 13.6. The smallest absolute Gasteiger partial charge is 0.232 e. The van der Waals surface area contributed by atoms with Crippen LogP contribution >= 0.6 is 12.6 Å². The van der Waals surface area contributed by atoms with Gasteiger partial charge in [-0.15, -0.1) is 0 Å². The molecule has 0 N–H and O–H groups in total. The van der Waals surface area contributed by atoms with Gasteiger partial charge in [-0.05, 0) is 17.6 Å². The topological polar surface area (TPSA) is 37.4 Å². The summed E-state index contributed by atoms with van der Waals surface area (Å²) in [6, 6.07) is 0. The lowest BCUT2D eigenvalue weighted by molar-refractivity contribution is -0.140. The van der Waals surface area contributed by atoms with Gasteiger partial charge >= 0.3 is 0 Å². The van der Waals surface area contributed by atoms with Crippen LogP contribution in [0.15, 0.2) is 0 Å². The number of carbonyl (C=O) groups is 2. The maximum Gasteiger partial charge on any atom is 0.232 e. The Labute approximate surface area is 103 Å². The highest BCUT2D eigenvalue weighted by atomic mass is 32.1. The fourth-order valence-corrected chi connectivity index (χ4v) is 2.46. The molecule has 0 radical (unpaired) electrons. The fraction of sp³-hybridized carbons (Fsp3) is 0.833. The molecule has 0 aliphatic carbocycles. The van der Waals surface area contributed by atoms with Crippen molar-refractivity contribution in [1.29, 1.82) is 0 Å². The molecule has 16 heavy (non-hydrogen) atoms. The van der Waals surface area contributed by atoms with Crippen molar-refractivity contribution < 1.29 is 9.59 Å². The molecule has 1 fully saturated rings. The van der Waals surface area contributed by atoms with Crippen LogP contribution in [0.25, 0.3) is 0 Å². The molecule has 3 unspecified atom stereocenters. The van der Waals surface area contributed by atoms with Crippen LogP contribution < -0.4 is 0 Å². The second-order valence-electron chi connectivity index (χ2n) is 5.05. The largest absolute Gasteiger partial charge is 0.282 e. The Morgan fingerprint density at radius 3 is 1.94 bits per heavy atom. The van der Waals surface area contributed by atoms with Gasteiger partial charge < -0.3 is 0 Å². The molecule has 0 aromatic rings. The van der Waals surface area contributed by atoms with Crippen LogP contribution in [0.1, 0.15) is 27.7 Å². The van der Waals surface area contributed by atoms with Crippen molar-refractivity contribution >= 4 is 24.4 Å². The summed E-state index contributed by atoms with van der Waals surface area (Å²) in [7, 11) is 0. The predicted molar refractivity (Wildman–Crippen MR) is 67.2 cm³/mol. The van der Waals surface area contributed by atoms with Gasteiger partial charge in [0.15, 0.2) is 0 Å². The van der Waals surface area contributed by atoms with Gasteiger partial charge in [-0.3, -0.25) is 14.5 Å². The fourth-order valence-electron chi connectivity index (χ4n) is 1.92. The summed E-state index contributed by atoms with van der Waals surface area (Å²) in [6.07, 6.45) is 0. The molecule has 0 aromatic heterocycles. The SMILES string of the molecule is CC(C)C(CS)CN1C(=O)C(C)C(C)C1=O. The number of likely N-dealkylation sites (tertiary alicyclic amines) is 1. The number of rotatable bonds is 4. The second kappa shape index (κ2) is 5.21. The summed E-state index contributed by atoms with van der Waals surface area (Å²) >= 11 is 4.28. The van der Waals surface area contributed by atoms with E-state index in [-0.39, 0.29) is 29.6 Å². The van der Waals surface area contributed by atoms with E-state index < -0.39 is 0 Å². The number of amides is 2. The summed E-state index contributed by atoms with van der Waals surface area (Å²) in [5.41, 5.74) is 0. The van der Waals surface area contributed by atoms with Crippen LogP contribution in [0.2, 0.25) is 0 Å². The van der Waals surface area contributed by atoms with Crippen molar-refractivity contribution in [2.45, 2.75) is 27.7 Å². The standard InChI is InChI=1S/C12H21NO2S/c1-7(2)10(6-16)5-13-11(14)8(3)9(4)12(13)15/h7-10,16H,5-6H2,1-4H3. The van der Waals surface area contributed by atoms with Crippen molar-refractivity contribution in [1.82, 2.24) is 4.90 Å². The Kier molecular flexibility index (Phi) is 4.42. The number of hydrogen-bond donors (Lipinski definition) is 1. The zero-order valence-electron chi connectivity index (χ0n) is 10.4. The Morgan fingerprint density at radius 1 is 1.19 bits per heavy atom. The van der Waals surface area contributed by atoms with Crippen LogP contribution in [0.5, 0.6) is 0 Å². The van der Waals surface area contributed by atoms with Gasteiger partial charge in [0.2, 0.25) is 11.8 Å². The van der Waals surface area contributed by atoms with E-state index in [1.807, 2.05) is 13.8 Å². The van der Waals surface area contributed by atoms with E-state index in [0.717, 1.165) is 0 Å². The van der Waals surface area contributed by atoms with Crippen LogP contribution in [0.3, 0.4) is 0 Å². The Hall–Kier alpha value is -0.510. The highest BCUT2D eigenvalue weighted by Crippen LogP contribution is 2.27. The van der Waals surface area contributed by atoms with Gasteiger partial charge in [0.1, 0.15) is 0 Å². The number of thiol groups is 1. The van der Waals surface area contributed by atoms with Crippen LogP contribution in [-0.4, -0.2) is 29.0 Å². The average Bonchev–Trinajstić information content (AvgIpc) is 2.41. The first-order valence-corrected chi connectivity index (χ1v) is 6.49. The third kappa shape index (κ3) is 2.42. The number of nitrogens with zero attached hydrogens (tertiary/aromatic N) is 1. The Morgan fingerprint density at radius 2 is 1.62 bits per heavy atom. The highest BCUT2D eigenvalue weighted by Gasteiger charge is 2.42. The lowest BCUT2D eigenvalue weighted by Crippen LogP contribution is -2.37. The monoisotopic (exact) mass is 243 g/mol. The van der Waals surface area contributed by atoms with Gasteiger partial charge in [0.05, 0.1) is 0 Å². The second-order valence-corrected chi connectivity index (χ2v) is 5.42. The Balaban J connectivity index is 2.74. The number of carbonyl (C=O) groups excluding carboxylic acids is 2. The maximum absolute atomic E-state index is 11.9. The van der Waals surface area contributed by atoms with Crippen molar-refractivity contribution in [3.63, 3.8) is 0 Å². The van der Waals surface area contributed by atoms with Crippen LogP contribution in [0, 0.1) is 23.7 Å². The van der Waals surface area contributed by atoms with E-state index >= 15 is 0 Å². The molecule has 1 heterocycles. The molecule has 92 valence electrons. The number of hydrogen-bond acceptors (Lipinski definition) is 3. The van der Waals surface area contributed by atoms with Gasteiger partial charge in [0.25, 0.3) is 0 Å². The van der Waals surface area contributed by atoms with Crippen molar-refractivity contribution in [3.8, 4) is 0 Å². The molecule has 0 aromatic carbocycles. The zero-order chi connectivity index (χ0) is 12.5. The first-order valence-electron chi connectivity index (χ1n) is 5.86. The lowest BCUT2D eigenvalue weighted by Gasteiger charge is -2.24. The molecular formula is C12H21NO2S. The molecule has 3 nitrogen and oxygen atoms in total. The predicted octanol–water partition coefficient (Wildman–Crippen LogP) is 1.83. The zero-order valence-corrected chi connectivity index (χ0v) is 11.3. The molecule has 2 amide bonds. The number of imide groups is 1. The minimum Gasteiger partial charge on any atom is -0.282 e. The van der Waals surface area contributed by atoms with E-state index in [0.29, 0.717) is 18.2 Å². The molecule has 3 atom stereocenters. The molecule has 0 saturated carbocycles.